The molecule has 0 bridgehead atoms. The third kappa shape index (κ3) is 3.33. The number of halogens is 3. The average molecular weight is 446 g/mol. The molecule has 1 aliphatic rings. The van der Waals surface area contributed by atoms with Crippen LogP contribution in [0.25, 0.3) is 10.9 Å². The number of phenolic OH excluding ortho intramolecular Hbond substituents is 1. The van der Waals surface area contributed by atoms with Crippen LogP contribution < -0.4 is 10.9 Å². The fourth-order valence-corrected chi connectivity index (χ4v) is 4.76. The number of pyridine rings is 1. The minimum absolute atomic E-state index is 0.0230. The number of anilines is 1. The van der Waals surface area contributed by atoms with Crippen LogP contribution in [0.2, 0.25) is 0 Å². The monoisotopic (exact) mass is 446 g/mol. The molecule has 1 aliphatic carbocycles. The first kappa shape index (κ1) is 22.2. The zero-order valence-corrected chi connectivity index (χ0v) is 18.0. The minimum Gasteiger partial charge on any atom is -0.507 e. The Balaban J connectivity index is 1.97. The van der Waals surface area contributed by atoms with Crippen LogP contribution in [0.5, 0.6) is 5.75 Å². The van der Waals surface area contributed by atoms with Gasteiger partial charge in [-0.1, -0.05) is 19.1 Å². The van der Waals surface area contributed by atoms with Crippen LogP contribution in [-0.4, -0.2) is 27.0 Å². The van der Waals surface area contributed by atoms with E-state index >= 15 is 0 Å². The number of nitrogens with one attached hydrogen (secondary N) is 2. The second-order valence-electron chi connectivity index (χ2n) is 8.57. The molecule has 32 heavy (non-hydrogen) atoms. The summed E-state index contributed by atoms with van der Waals surface area (Å²) in [4.78, 5) is 14.3. The molecule has 4 N–H and O–H groups in total. The molecule has 0 saturated heterocycles. The lowest BCUT2D eigenvalue weighted by molar-refractivity contribution is -0.272. The molecule has 5 nitrogen and oxygen atoms in total. The van der Waals surface area contributed by atoms with Crippen LogP contribution in [0.1, 0.15) is 54.0 Å². The highest BCUT2D eigenvalue weighted by atomic mass is 19.4. The van der Waals surface area contributed by atoms with Crippen LogP contribution in [0, 0.1) is 13.8 Å². The van der Waals surface area contributed by atoms with Crippen molar-refractivity contribution in [3.63, 3.8) is 0 Å². The maximum Gasteiger partial charge on any atom is 0.419 e. The Bertz CT molecular complexity index is 1250. The number of aryl methyl sites for hydroxylation is 1. The van der Waals surface area contributed by atoms with Crippen LogP contribution in [0.4, 0.5) is 18.9 Å². The van der Waals surface area contributed by atoms with Gasteiger partial charge in [0.25, 0.3) is 0 Å². The van der Waals surface area contributed by atoms with Crippen molar-refractivity contribution >= 4 is 16.6 Å². The predicted molar refractivity (Wildman–Crippen MR) is 117 cm³/mol. The molecule has 1 aromatic heterocycles. The zero-order valence-electron chi connectivity index (χ0n) is 18.0. The number of aliphatic hydroxyl groups is 1. The highest BCUT2D eigenvalue weighted by molar-refractivity contribution is 5.91. The molecule has 1 heterocycles. The number of alkyl halides is 3. The summed E-state index contributed by atoms with van der Waals surface area (Å²) in [6.07, 6.45) is -5.15. The molecule has 0 aliphatic heterocycles. The van der Waals surface area contributed by atoms with Crippen molar-refractivity contribution in [3.8, 4) is 5.75 Å². The van der Waals surface area contributed by atoms with E-state index in [4.69, 9.17) is 0 Å². The Morgan fingerprint density at radius 1 is 1.22 bits per heavy atom. The van der Waals surface area contributed by atoms with Crippen molar-refractivity contribution < 1.29 is 23.4 Å². The Morgan fingerprint density at radius 3 is 2.59 bits per heavy atom. The maximum absolute atomic E-state index is 14.3. The summed E-state index contributed by atoms with van der Waals surface area (Å²) in [5, 5.41) is 25.4. The Labute approximate surface area is 182 Å². The number of fused-ring (bicyclic) bond motifs is 2. The van der Waals surface area contributed by atoms with Gasteiger partial charge in [-0.25, -0.2) is 0 Å². The van der Waals surface area contributed by atoms with E-state index in [-0.39, 0.29) is 16.9 Å². The van der Waals surface area contributed by atoms with Gasteiger partial charge in [0.15, 0.2) is 5.60 Å². The van der Waals surface area contributed by atoms with E-state index in [1.54, 1.807) is 45.0 Å². The molecule has 0 fully saturated rings. The molecule has 0 saturated carbocycles. The van der Waals surface area contributed by atoms with Gasteiger partial charge in [0, 0.05) is 22.7 Å². The van der Waals surface area contributed by atoms with Crippen molar-refractivity contribution in [2.24, 2.45) is 0 Å². The van der Waals surface area contributed by atoms with Crippen molar-refractivity contribution in [2.75, 3.05) is 5.32 Å². The molecule has 0 unspecified atom stereocenters. The van der Waals surface area contributed by atoms with Gasteiger partial charge in [-0.2, -0.15) is 13.2 Å². The van der Waals surface area contributed by atoms with Crippen LogP contribution in [0.15, 0.2) is 41.2 Å². The molecule has 3 atom stereocenters. The Hall–Kier alpha value is -3.00. The van der Waals surface area contributed by atoms with E-state index < -0.39 is 30.2 Å². The topological polar surface area (TPSA) is 85.4 Å². The highest BCUT2D eigenvalue weighted by Gasteiger charge is 2.62. The summed E-state index contributed by atoms with van der Waals surface area (Å²) in [7, 11) is 0. The van der Waals surface area contributed by atoms with E-state index in [9.17, 15) is 28.2 Å². The highest BCUT2D eigenvalue weighted by Crippen LogP contribution is 2.55. The standard InChI is InChI=1S/C24H25F3N2O3/c1-4-14-11-23(32,24(25,26)27)22(16-10-12(2)13(3)21(31)20(14)16)29-18-7-5-6-17-15(18)8-9-19(30)28-17/h5-10,14,22,29,31-32H,4,11H2,1-3H3,(H,28,30)/t14-,22+,23-/m1/s1. The Kier molecular flexibility index (Phi) is 5.24. The first-order chi connectivity index (χ1) is 15.0. The van der Waals surface area contributed by atoms with E-state index in [2.05, 4.69) is 10.3 Å². The maximum atomic E-state index is 14.3. The lowest BCUT2D eigenvalue weighted by Gasteiger charge is -2.46. The van der Waals surface area contributed by atoms with Gasteiger partial charge < -0.3 is 20.5 Å². The number of hydrogen-bond acceptors (Lipinski definition) is 4. The van der Waals surface area contributed by atoms with Gasteiger partial charge in [-0.05, 0) is 67.5 Å². The normalized spacial score (nSPS) is 23.2. The number of aromatic amines is 1. The third-order valence-corrected chi connectivity index (χ3v) is 6.69. The first-order valence-corrected chi connectivity index (χ1v) is 10.5. The fourth-order valence-electron chi connectivity index (χ4n) is 4.76. The van der Waals surface area contributed by atoms with Crippen molar-refractivity contribution in [2.45, 2.75) is 57.3 Å². The lowest BCUT2D eigenvalue weighted by atomic mass is 9.68. The second-order valence-corrected chi connectivity index (χ2v) is 8.57. The molecule has 0 radical (unpaired) electrons. The van der Waals surface area contributed by atoms with Gasteiger partial charge in [-0.3, -0.25) is 4.79 Å². The molecule has 4 rings (SSSR count). The molecule has 0 amide bonds. The third-order valence-electron chi connectivity index (χ3n) is 6.69. The van der Waals surface area contributed by atoms with Crippen molar-refractivity contribution in [3.05, 3.63) is 69.0 Å². The summed E-state index contributed by atoms with van der Waals surface area (Å²) in [6, 6.07) is 7.76. The molecule has 8 heteroatoms. The average Bonchev–Trinajstić information content (AvgIpc) is 2.72. The molecule has 170 valence electrons. The minimum atomic E-state index is -4.91. The molecular formula is C24H25F3N2O3. The molecular weight excluding hydrogens is 421 g/mol. The number of phenols is 1. The fraction of sp³-hybridized carbons (Fsp3) is 0.375. The molecule has 0 spiro atoms. The Morgan fingerprint density at radius 2 is 1.94 bits per heavy atom. The zero-order chi connectivity index (χ0) is 23.4. The summed E-state index contributed by atoms with van der Waals surface area (Å²) < 4.78 is 43.0. The largest absolute Gasteiger partial charge is 0.507 e. The van der Waals surface area contributed by atoms with Crippen molar-refractivity contribution in [1.82, 2.24) is 4.98 Å². The van der Waals surface area contributed by atoms with Gasteiger partial charge >= 0.3 is 6.18 Å². The van der Waals surface area contributed by atoms with Crippen molar-refractivity contribution in [1.29, 1.82) is 0 Å². The van der Waals surface area contributed by atoms with Gasteiger partial charge in [-0.15, -0.1) is 0 Å². The number of benzene rings is 2. The first-order valence-electron chi connectivity index (χ1n) is 10.5. The summed E-state index contributed by atoms with van der Waals surface area (Å²) in [5.74, 6) is -0.678. The second kappa shape index (κ2) is 7.55. The lowest BCUT2D eigenvalue weighted by Crippen LogP contribution is -2.55. The van der Waals surface area contributed by atoms with Crippen LogP contribution >= 0.6 is 0 Å². The molecule has 2 aromatic carbocycles. The summed E-state index contributed by atoms with van der Waals surface area (Å²) in [6.45, 7) is 5.19. The number of rotatable bonds is 3. The number of H-pyrrole nitrogens is 1. The van der Waals surface area contributed by atoms with Crippen LogP contribution in [-0.2, 0) is 0 Å². The van der Waals surface area contributed by atoms with Crippen LogP contribution in [0.3, 0.4) is 0 Å². The molecule has 3 aromatic rings. The van der Waals surface area contributed by atoms with E-state index in [0.717, 1.165) is 0 Å². The van der Waals surface area contributed by atoms with Gasteiger partial charge in [0.1, 0.15) is 5.75 Å². The van der Waals surface area contributed by atoms with E-state index in [1.807, 2.05) is 0 Å². The predicted octanol–water partition coefficient (Wildman–Crippen LogP) is 5.19. The number of aromatic hydroxyl groups is 1. The summed E-state index contributed by atoms with van der Waals surface area (Å²) >= 11 is 0. The quantitative estimate of drug-likeness (QED) is 0.446. The summed E-state index contributed by atoms with van der Waals surface area (Å²) in [5.41, 5.74) is -0.669. The number of hydrogen-bond donors (Lipinski definition) is 4. The smallest absolute Gasteiger partial charge is 0.419 e. The van der Waals surface area contributed by atoms with Gasteiger partial charge in [0.2, 0.25) is 5.56 Å². The SMILES string of the molecule is CC[C@@H]1C[C@](O)(C(F)(F)F)[C@@H](Nc2cccc3[nH]c(=O)ccc23)c2cc(C)c(C)c(O)c21. The van der Waals surface area contributed by atoms with E-state index in [1.165, 1.54) is 12.1 Å². The number of aromatic nitrogens is 1. The van der Waals surface area contributed by atoms with E-state index in [0.29, 0.717) is 39.7 Å². The van der Waals surface area contributed by atoms with Gasteiger partial charge in [0.05, 0.1) is 11.6 Å².